The molecule has 3 aromatic rings. The second-order valence-corrected chi connectivity index (χ2v) is 7.01. The monoisotopic (exact) mass is 448 g/mol. The Balaban J connectivity index is 1.69. The maximum atomic E-state index is 12.6. The molecule has 0 amide bonds. The Bertz CT molecular complexity index is 1040. The molecule has 0 N–H and O–H groups in total. The van der Waals surface area contributed by atoms with E-state index in [0.29, 0.717) is 16.7 Å². The van der Waals surface area contributed by atoms with Gasteiger partial charge in [-0.1, -0.05) is 54.6 Å². The molecule has 0 aliphatic heterocycles. The standard InChI is InChI=1S/C26H24O7/c1-30-22(17-31-24(27)19-11-5-2-6-12-19)23(33-26(29)21-15-9-4-10-16-21)18-32-25(28)20-13-7-3-8-14-20/h2-16,22-23H,17-18H2,1H3/t22-,23+/m0/s1. The highest BCUT2D eigenvalue weighted by molar-refractivity contribution is 5.90. The summed E-state index contributed by atoms with van der Waals surface area (Å²) >= 11 is 0. The van der Waals surface area contributed by atoms with E-state index in [-0.39, 0.29) is 13.2 Å². The van der Waals surface area contributed by atoms with E-state index in [4.69, 9.17) is 18.9 Å². The minimum Gasteiger partial charge on any atom is -0.459 e. The van der Waals surface area contributed by atoms with Crippen LogP contribution in [0.2, 0.25) is 0 Å². The molecule has 0 radical (unpaired) electrons. The van der Waals surface area contributed by atoms with E-state index in [0.717, 1.165) is 0 Å². The molecule has 0 saturated carbocycles. The average Bonchev–Trinajstić information content (AvgIpc) is 2.88. The van der Waals surface area contributed by atoms with Crippen LogP contribution in [0.5, 0.6) is 0 Å². The van der Waals surface area contributed by atoms with Gasteiger partial charge in [0.05, 0.1) is 16.7 Å². The first kappa shape index (κ1) is 23.7. The van der Waals surface area contributed by atoms with Gasteiger partial charge < -0.3 is 18.9 Å². The van der Waals surface area contributed by atoms with E-state index < -0.39 is 30.1 Å². The Morgan fingerprint density at radius 2 is 0.939 bits per heavy atom. The van der Waals surface area contributed by atoms with Crippen LogP contribution in [0.3, 0.4) is 0 Å². The van der Waals surface area contributed by atoms with E-state index in [9.17, 15) is 14.4 Å². The van der Waals surface area contributed by atoms with Crippen LogP contribution < -0.4 is 0 Å². The molecule has 0 aromatic heterocycles. The van der Waals surface area contributed by atoms with Crippen molar-refractivity contribution >= 4 is 17.9 Å². The highest BCUT2D eigenvalue weighted by Crippen LogP contribution is 2.13. The molecule has 7 heteroatoms. The summed E-state index contributed by atoms with van der Waals surface area (Å²) in [6, 6.07) is 25.3. The first-order chi connectivity index (χ1) is 16.1. The maximum Gasteiger partial charge on any atom is 0.338 e. The third-order valence-corrected chi connectivity index (χ3v) is 4.76. The summed E-state index contributed by atoms with van der Waals surface area (Å²) in [6.07, 6.45) is -1.88. The molecule has 0 spiro atoms. The number of hydrogen-bond acceptors (Lipinski definition) is 7. The van der Waals surface area contributed by atoms with Crippen molar-refractivity contribution < 1.29 is 33.3 Å². The zero-order valence-electron chi connectivity index (χ0n) is 18.1. The van der Waals surface area contributed by atoms with Crippen molar-refractivity contribution in [3.8, 4) is 0 Å². The molecule has 7 nitrogen and oxygen atoms in total. The lowest BCUT2D eigenvalue weighted by Gasteiger charge is -2.25. The highest BCUT2D eigenvalue weighted by atomic mass is 16.6. The Hall–Kier alpha value is -3.97. The van der Waals surface area contributed by atoms with E-state index in [1.807, 2.05) is 0 Å². The fourth-order valence-electron chi connectivity index (χ4n) is 2.95. The molecule has 0 aliphatic carbocycles. The van der Waals surface area contributed by atoms with Crippen LogP contribution >= 0.6 is 0 Å². The zero-order chi connectivity index (χ0) is 23.5. The lowest BCUT2D eigenvalue weighted by Crippen LogP contribution is -2.41. The summed E-state index contributed by atoms with van der Waals surface area (Å²) in [4.78, 5) is 37.3. The highest BCUT2D eigenvalue weighted by Gasteiger charge is 2.29. The number of esters is 3. The quantitative estimate of drug-likeness (QED) is 0.343. The fraction of sp³-hybridized carbons (Fsp3) is 0.192. The summed E-state index contributed by atoms with van der Waals surface area (Å²) in [5.74, 6) is -1.74. The van der Waals surface area contributed by atoms with E-state index in [1.54, 1.807) is 91.0 Å². The van der Waals surface area contributed by atoms with Crippen LogP contribution in [-0.2, 0) is 18.9 Å². The van der Waals surface area contributed by atoms with Gasteiger partial charge in [0.15, 0.2) is 6.10 Å². The number of benzene rings is 3. The Kier molecular flexibility index (Phi) is 8.73. The molecule has 2 atom stereocenters. The van der Waals surface area contributed by atoms with Crippen molar-refractivity contribution in [1.29, 1.82) is 0 Å². The molecule has 0 aliphatic rings. The molecule has 0 bridgehead atoms. The number of carbonyl (C=O) groups excluding carboxylic acids is 3. The van der Waals surface area contributed by atoms with E-state index in [1.165, 1.54) is 7.11 Å². The molecule has 3 aromatic carbocycles. The van der Waals surface area contributed by atoms with Gasteiger partial charge in [-0.15, -0.1) is 0 Å². The molecule has 0 unspecified atom stereocenters. The van der Waals surface area contributed by atoms with Crippen LogP contribution in [0, 0.1) is 0 Å². The first-order valence-corrected chi connectivity index (χ1v) is 10.3. The van der Waals surface area contributed by atoms with Crippen molar-refractivity contribution in [2.75, 3.05) is 20.3 Å². The number of carbonyl (C=O) groups is 3. The maximum absolute atomic E-state index is 12.6. The van der Waals surface area contributed by atoms with Gasteiger partial charge >= 0.3 is 17.9 Å². The second kappa shape index (κ2) is 12.2. The number of rotatable bonds is 10. The number of methoxy groups -OCH3 is 1. The number of ether oxygens (including phenoxy) is 4. The second-order valence-electron chi connectivity index (χ2n) is 7.01. The smallest absolute Gasteiger partial charge is 0.338 e. The van der Waals surface area contributed by atoms with Crippen LogP contribution in [0.4, 0.5) is 0 Å². The molecule has 0 saturated heterocycles. The lowest BCUT2D eigenvalue weighted by molar-refractivity contribution is -0.0802. The molecule has 0 heterocycles. The van der Waals surface area contributed by atoms with E-state index >= 15 is 0 Å². The summed E-state index contributed by atoms with van der Waals surface area (Å²) in [5.41, 5.74) is 1.06. The third kappa shape index (κ3) is 7.02. The van der Waals surface area contributed by atoms with Crippen LogP contribution in [0.15, 0.2) is 91.0 Å². The first-order valence-electron chi connectivity index (χ1n) is 10.3. The lowest BCUT2D eigenvalue weighted by atomic mass is 10.2. The Morgan fingerprint density at radius 1 is 0.576 bits per heavy atom. The third-order valence-electron chi connectivity index (χ3n) is 4.76. The Labute approximate surface area is 191 Å². The summed E-state index contributed by atoms with van der Waals surface area (Å²) in [6.45, 7) is -0.493. The molecular weight excluding hydrogens is 424 g/mol. The molecule has 33 heavy (non-hydrogen) atoms. The topological polar surface area (TPSA) is 88.1 Å². The number of hydrogen-bond donors (Lipinski definition) is 0. The van der Waals surface area contributed by atoms with Crippen LogP contribution in [0.1, 0.15) is 31.1 Å². The van der Waals surface area contributed by atoms with Crippen molar-refractivity contribution in [1.82, 2.24) is 0 Å². The molecular formula is C26H24O7. The minimum absolute atomic E-state index is 0.208. The van der Waals surface area contributed by atoms with E-state index in [2.05, 4.69) is 0 Å². The predicted octanol–water partition coefficient (Wildman–Crippen LogP) is 3.94. The molecule has 170 valence electrons. The summed E-state index contributed by atoms with van der Waals surface area (Å²) in [7, 11) is 1.39. The van der Waals surface area contributed by atoms with Gasteiger partial charge in [0.2, 0.25) is 0 Å². The average molecular weight is 448 g/mol. The molecule has 0 fully saturated rings. The van der Waals surface area contributed by atoms with Crippen molar-refractivity contribution in [2.24, 2.45) is 0 Å². The van der Waals surface area contributed by atoms with Gasteiger partial charge in [-0.3, -0.25) is 0 Å². The van der Waals surface area contributed by atoms with Gasteiger partial charge in [-0.2, -0.15) is 0 Å². The van der Waals surface area contributed by atoms with Gasteiger partial charge in [0.25, 0.3) is 0 Å². The summed E-state index contributed by atoms with van der Waals surface area (Å²) in [5, 5.41) is 0. The van der Waals surface area contributed by atoms with Crippen molar-refractivity contribution in [2.45, 2.75) is 12.2 Å². The fourth-order valence-corrected chi connectivity index (χ4v) is 2.95. The minimum atomic E-state index is -1.01. The molecule has 3 rings (SSSR count). The van der Waals surface area contributed by atoms with Gasteiger partial charge in [0, 0.05) is 7.11 Å². The van der Waals surface area contributed by atoms with Gasteiger partial charge in [-0.05, 0) is 36.4 Å². The van der Waals surface area contributed by atoms with Gasteiger partial charge in [-0.25, -0.2) is 14.4 Å². The summed E-state index contributed by atoms with van der Waals surface area (Å²) < 4.78 is 21.7. The van der Waals surface area contributed by atoms with Crippen LogP contribution in [-0.4, -0.2) is 50.4 Å². The zero-order valence-corrected chi connectivity index (χ0v) is 18.1. The predicted molar refractivity (Wildman–Crippen MR) is 120 cm³/mol. The Morgan fingerprint density at radius 3 is 1.33 bits per heavy atom. The van der Waals surface area contributed by atoms with Crippen LogP contribution in [0.25, 0.3) is 0 Å². The SMILES string of the molecule is CO[C@@H](COC(=O)c1ccccc1)[C@@H](COC(=O)c1ccccc1)OC(=O)c1ccccc1. The normalized spacial score (nSPS) is 12.3. The van der Waals surface area contributed by atoms with Crippen molar-refractivity contribution in [3.05, 3.63) is 108 Å². The largest absolute Gasteiger partial charge is 0.459 e. The van der Waals surface area contributed by atoms with Crippen molar-refractivity contribution in [3.63, 3.8) is 0 Å². The van der Waals surface area contributed by atoms with Gasteiger partial charge in [0.1, 0.15) is 19.3 Å².